The smallest absolute Gasteiger partial charge is 0.286 e. The van der Waals surface area contributed by atoms with Gasteiger partial charge >= 0.3 is 0 Å². The molecule has 2 aliphatic heterocycles. The van der Waals surface area contributed by atoms with Crippen LogP contribution in [-0.4, -0.2) is 38.6 Å². The van der Waals surface area contributed by atoms with E-state index >= 15 is 0 Å². The van der Waals surface area contributed by atoms with Crippen molar-refractivity contribution < 1.29 is 14.4 Å². The fraction of sp³-hybridized carbons (Fsp3) is 0.105. The predicted octanol–water partition coefficient (Wildman–Crippen LogP) is 2.36. The number of aromatic nitrogens is 1. The van der Waals surface area contributed by atoms with Crippen LogP contribution in [0.2, 0.25) is 0 Å². The van der Waals surface area contributed by atoms with Gasteiger partial charge in [0.25, 0.3) is 17.7 Å². The quantitative estimate of drug-likeness (QED) is 0.618. The van der Waals surface area contributed by atoms with Crippen LogP contribution in [0, 0.1) is 0 Å². The monoisotopic (exact) mass is 410 g/mol. The number of carbonyl (C=O) groups excluding carboxylic acids is 3. The molecule has 0 spiro atoms. The first-order chi connectivity index (χ1) is 13.5. The Morgan fingerprint density at radius 1 is 1.18 bits per heavy atom. The van der Waals surface area contributed by atoms with E-state index in [4.69, 9.17) is 12.2 Å². The number of pyridine rings is 1. The number of amides is 3. The Morgan fingerprint density at radius 3 is 2.68 bits per heavy atom. The molecule has 0 aliphatic carbocycles. The highest BCUT2D eigenvalue weighted by atomic mass is 32.2. The molecule has 28 heavy (non-hydrogen) atoms. The number of anilines is 1. The molecule has 1 saturated heterocycles. The Balaban J connectivity index is 1.69. The van der Waals surface area contributed by atoms with Crippen molar-refractivity contribution in [1.29, 1.82) is 0 Å². The highest BCUT2D eigenvalue weighted by molar-refractivity contribution is 8.26. The number of benzene rings is 1. The molecular formula is C19H14N4O3S2. The minimum Gasteiger partial charge on any atom is -0.308 e. The van der Waals surface area contributed by atoms with Gasteiger partial charge in [-0.3, -0.25) is 24.8 Å². The number of thioether (sulfide) groups is 1. The SMILES string of the molecule is CCN1C(=O)/C(=C2\SC(=S)N(NC(=O)c3cccnc3)C2=O)c2ccccc21. The second-order valence-corrected chi connectivity index (χ2v) is 7.61. The lowest BCUT2D eigenvalue weighted by Crippen LogP contribution is -2.45. The van der Waals surface area contributed by atoms with Crippen LogP contribution >= 0.6 is 24.0 Å². The van der Waals surface area contributed by atoms with E-state index < -0.39 is 11.8 Å². The lowest BCUT2D eigenvalue weighted by molar-refractivity contribution is -0.124. The molecule has 0 bridgehead atoms. The number of carbonyl (C=O) groups is 3. The Bertz CT molecular complexity index is 1050. The first-order valence-electron chi connectivity index (χ1n) is 8.45. The van der Waals surface area contributed by atoms with Crippen LogP contribution in [0.4, 0.5) is 5.69 Å². The van der Waals surface area contributed by atoms with Gasteiger partial charge in [-0.15, -0.1) is 0 Å². The van der Waals surface area contributed by atoms with E-state index in [0.29, 0.717) is 23.2 Å². The number of para-hydroxylation sites is 1. The maximum Gasteiger partial charge on any atom is 0.286 e. The second kappa shape index (κ2) is 7.17. The first-order valence-corrected chi connectivity index (χ1v) is 9.68. The fourth-order valence-corrected chi connectivity index (χ4v) is 4.34. The number of rotatable bonds is 3. The Morgan fingerprint density at radius 2 is 1.96 bits per heavy atom. The number of nitrogens with one attached hydrogen (secondary N) is 1. The molecular weight excluding hydrogens is 396 g/mol. The molecule has 0 atom stereocenters. The molecule has 2 aliphatic rings. The Labute approximate surface area is 170 Å². The van der Waals surface area contributed by atoms with Gasteiger partial charge in [-0.05, 0) is 37.3 Å². The van der Waals surface area contributed by atoms with Gasteiger partial charge in [0.15, 0.2) is 4.32 Å². The van der Waals surface area contributed by atoms with E-state index in [2.05, 4.69) is 10.4 Å². The molecule has 140 valence electrons. The van der Waals surface area contributed by atoms with Crippen LogP contribution < -0.4 is 10.3 Å². The highest BCUT2D eigenvalue weighted by Crippen LogP contribution is 2.43. The van der Waals surface area contributed by atoms with Crippen molar-refractivity contribution in [2.24, 2.45) is 0 Å². The summed E-state index contributed by atoms with van der Waals surface area (Å²) in [7, 11) is 0. The van der Waals surface area contributed by atoms with Crippen molar-refractivity contribution >= 4 is 57.3 Å². The number of thiocarbonyl (C=S) groups is 1. The minimum atomic E-state index is -0.525. The topological polar surface area (TPSA) is 82.6 Å². The van der Waals surface area contributed by atoms with E-state index in [0.717, 1.165) is 22.5 Å². The average Bonchev–Trinajstić information content (AvgIpc) is 3.15. The van der Waals surface area contributed by atoms with Crippen molar-refractivity contribution in [3.8, 4) is 0 Å². The van der Waals surface area contributed by atoms with Gasteiger partial charge in [-0.2, -0.15) is 5.01 Å². The van der Waals surface area contributed by atoms with E-state index in [1.54, 1.807) is 29.3 Å². The molecule has 3 amide bonds. The van der Waals surface area contributed by atoms with Gasteiger partial charge in [-0.1, -0.05) is 30.0 Å². The molecule has 9 heteroatoms. The molecule has 0 unspecified atom stereocenters. The van der Waals surface area contributed by atoms with Crippen LogP contribution in [-0.2, 0) is 9.59 Å². The highest BCUT2D eigenvalue weighted by Gasteiger charge is 2.42. The summed E-state index contributed by atoms with van der Waals surface area (Å²) < 4.78 is 0.157. The third kappa shape index (κ3) is 2.88. The molecule has 7 nitrogen and oxygen atoms in total. The van der Waals surface area contributed by atoms with Gasteiger partial charge in [0, 0.05) is 24.5 Å². The summed E-state index contributed by atoms with van der Waals surface area (Å²) in [5.74, 6) is -1.28. The summed E-state index contributed by atoms with van der Waals surface area (Å²) >= 11 is 6.28. The first kappa shape index (κ1) is 18.3. The molecule has 3 heterocycles. The zero-order valence-corrected chi connectivity index (χ0v) is 16.3. The number of hydrazine groups is 1. The van der Waals surface area contributed by atoms with Gasteiger partial charge in [0.1, 0.15) is 0 Å². The summed E-state index contributed by atoms with van der Waals surface area (Å²) in [5, 5.41) is 1.00. The molecule has 1 aromatic carbocycles. The van der Waals surface area contributed by atoms with E-state index in [1.165, 1.54) is 6.20 Å². The normalized spacial score (nSPS) is 18.7. The van der Waals surface area contributed by atoms with Crippen molar-refractivity contribution in [3.05, 3.63) is 64.8 Å². The zero-order chi connectivity index (χ0) is 19.8. The summed E-state index contributed by atoms with van der Waals surface area (Å²) in [6, 6.07) is 10.5. The van der Waals surface area contributed by atoms with Gasteiger partial charge in [0.2, 0.25) is 0 Å². The standard InChI is InChI=1S/C19H14N4O3S2/c1-2-22-13-8-4-3-7-12(13)14(17(22)25)15-18(26)23(19(27)28-15)21-16(24)11-6-5-9-20-10-11/h3-10H,2H2,1H3,(H,21,24)/b15-14-. The van der Waals surface area contributed by atoms with Gasteiger partial charge in [-0.25, -0.2) is 0 Å². The summed E-state index contributed by atoms with van der Waals surface area (Å²) in [6.45, 7) is 2.36. The number of hydrogen-bond donors (Lipinski definition) is 1. The third-order valence-corrected chi connectivity index (χ3v) is 5.75. The molecule has 0 radical (unpaired) electrons. The summed E-state index contributed by atoms with van der Waals surface area (Å²) in [6.07, 6.45) is 2.94. The lowest BCUT2D eigenvalue weighted by Gasteiger charge is -2.15. The van der Waals surface area contributed by atoms with Crippen LogP contribution in [0.5, 0.6) is 0 Å². The van der Waals surface area contributed by atoms with E-state index in [-0.39, 0.29) is 15.1 Å². The lowest BCUT2D eigenvalue weighted by atomic mass is 10.1. The Kier molecular flexibility index (Phi) is 4.70. The van der Waals surface area contributed by atoms with Crippen LogP contribution in [0.3, 0.4) is 0 Å². The van der Waals surface area contributed by atoms with Gasteiger partial charge < -0.3 is 4.90 Å². The van der Waals surface area contributed by atoms with Crippen molar-refractivity contribution in [2.45, 2.75) is 6.92 Å². The van der Waals surface area contributed by atoms with E-state index in [9.17, 15) is 14.4 Å². The number of hydrogen-bond acceptors (Lipinski definition) is 6. The molecule has 0 saturated carbocycles. The maximum atomic E-state index is 13.0. The summed E-state index contributed by atoms with van der Waals surface area (Å²) in [4.78, 5) is 44.0. The molecule has 1 N–H and O–H groups in total. The largest absolute Gasteiger partial charge is 0.308 e. The van der Waals surface area contributed by atoms with Gasteiger partial charge in [0.05, 0.1) is 21.7 Å². The van der Waals surface area contributed by atoms with E-state index in [1.807, 2.05) is 25.1 Å². The second-order valence-electron chi connectivity index (χ2n) is 5.96. The third-order valence-electron chi connectivity index (χ3n) is 4.37. The predicted molar refractivity (Wildman–Crippen MR) is 110 cm³/mol. The van der Waals surface area contributed by atoms with Crippen LogP contribution in [0.1, 0.15) is 22.8 Å². The van der Waals surface area contributed by atoms with Crippen LogP contribution in [0.15, 0.2) is 53.7 Å². The van der Waals surface area contributed by atoms with Crippen molar-refractivity contribution in [2.75, 3.05) is 11.4 Å². The zero-order valence-electron chi connectivity index (χ0n) is 14.7. The number of nitrogens with zero attached hydrogens (tertiary/aromatic N) is 3. The Hall–Kier alpha value is -3.04. The van der Waals surface area contributed by atoms with Crippen molar-refractivity contribution in [1.82, 2.24) is 15.4 Å². The molecule has 2 aromatic rings. The maximum absolute atomic E-state index is 13.0. The fourth-order valence-electron chi connectivity index (χ4n) is 3.09. The van der Waals surface area contributed by atoms with Crippen LogP contribution in [0.25, 0.3) is 5.57 Å². The minimum absolute atomic E-state index is 0.157. The molecule has 1 fully saturated rings. The molecule has 4 rings (SSSR count). The number of likely N-dealkylation sites (N-methyl/N-ethyl adjacent to an activating group) is 1. The molecule has 1 aromatic heterocycles. The average molecular weight is 410 g/mol. The summed E-state index contributed by atoms with van der Waals surface area (Å²) in [5.41, 5.74) is 4.55. The number of fused-ring (bicyclic) bond motifs is 1. The van der Waals surface area contributed by atoms with Crippen molar-refractivity contribution in [3.63, 3.8) is 0 Å².